The lowest BCUT2D eigenvalue weighted by molar-refractivity contribution is 0.167. The van der Waals surface area contributed by atoms with Crippen molar-refractivity contribution < 1.29 is 4.79 Å². The van der Waals surface area contributed by atoms with Gasteiger partial charge in [-0.2, -0.15) is 0 Å². The Balaban J connectivity index is 1.84. The zero-order valence-corrected chi connectivity index (χ0v) is 12.7. The Kier molecular flexibility index (Phi) is 4.68. The third-order valence-electron chi connectivity index (χ3n) is 4.62. The summed E-state index contributed by atoms with van der Waals surface area (Å²) in [5, 5.41) is 3.43. The lowest BCUT2D eigenvalue weighted by atomic mass is 10.0. The first-order valence-electron chi connectivity index (χ1n) is 7.43. The Labute approximate surface area is 116 Å². The molecular weight excluding hydrogens is 240 g/mol. The fourth-order valence-electron chi connectivity index (χ4n) is 3.13. The first-order chi connectivity index (χ1) is 9.00. The molecule has 0 saturated carbocycles. The number of carbonyl (C=O) groups excluding carboxylic acids is 1. The van der Waals surface area contributed by atoms with Crippen LogP contribution in [0, 0.1) is 5.92 Å². The quantitative estimate of drug-likeness (QED) is 0.814. The van der Waals surface area contributed by atoms with Crippen molar-refractivity contribution in [2.75, 3.05) is 46.8 Å². The van der Waals surface area contributed by atoms with E-state index in [4.69, 9.17) is 0 Å². The van der Waals surface area contributed by atoms with Gasteiger partial charge in [0.05, 0.1) is 6.04 Å². The number of rotatable bonds is 4. The molecule has 19 heavy (non-hydrogen) atoms. The molecule has 2 aliphatic heterocycles. The van der Waals surface area contributed by atoms with E-state index in [1.807, 2.05) is 16.8 Å². The van der Waals surface area contributed by atoms with Crippen LogP contribution in [0.3, 0.4) is 0 Å². The molecule has 2 rings (SSSR count). The summed E-state index contributed by atoms with van der Waals surface area (Å²) in [7, 11) is 4.11. The zero-order valence-electron chi connectivity index (χ0n) is 12.7. The molecule has 0 spiro atoms. The SMILES string of the molecule is CC(C)C1CN(CCC2CNCCN2C)C(=O)N1C. The van der Waals surface area contributed by atoms with Gasteiger partial charge in [-0.15, -0.1) is 0 Å². The highest BCUT2D eigenvalue weighted by atomic mass is 16.2. The average Bonchev–Trinajstić information content (AvgIpc) is 2.66. The number of hydrogen-bond donors (Lipinski definition) is 1. The fraction of sp³-hybridized carbons (Fsp3) is 0.929. The number of likely N-dealkylation sites (N-methyl/N-ethyl adjacent to an activating group) is 2. The van der Waals surface area contributed by atoms with Crippen LogP contribution in [0.2, 0.25) is 0 Å². The molecule has 2 heterocycles. The molecule has 0 bridgehead atoms. The molecule has 110 valence electrons. The molecule has 2 unspecified atom stereocenters. The summed E-state index contributed by atoms with van der Waals surface area (Å²) in [6.07, 6.45) is 1.06. The van der Waals surface area contributed by atoms with Crippen LogP contribution in [-0.4, -0.2) is 79.6 Å². The lowest BCUT2D eigenvalue weighted by Gasteiger charge is -2.34. The van der Waals surface area contributed by atoms with Crippen molar-refractivity contribution in [3.05, 3.63) is 0 Å². The van der Waals surface area contributed by atoms with Crippen LogP contribution in [-0.2, 0) is 0 Å². The van der Waals surface area contributed by atoms with E-state index in [0.29, 0.717) is 18.0 Å². The molecule has 2 aliphatic rings. The predicted molar refractivity (Wildman–Crippen MR) is 77.3 cm³/mol. The van der Waals surface area contributed by atoms with Crippen molar-refractivity contribution in [1.29, 1.82) is 0 Å². The van der Waals surface area contributed by atoms with Crippen LogP contribution in [0.5, 0.6) is 0 Å². The maximum absolute atomic E-state index is 12.2. The van der Waals surface area contributed by atoms with E-state index in [2.05, 4.69) is 31.1 Å². The van der Waals surface area contributed by atoms with E-state index < -0.39 is 0 Å². The second kappa shape index (κ2) is 6.09. The third kappa shape index (κ3) is 3.20. The summed E-state index contributed by atoms with van der Waals surface area (Å²) in [6.45, 7) is 9.37. The van der Waals surface area contributed by atoms with Gasteiger partial charge in [0.15, 0.2) is 0 Å². The molecule has 1 N–H and O–H groups in total. The summed E-state index contributed by atoms with van der Waals surface area (Å²) in [5.41, 5.74) is 0. The Hall–Kier alpha value is -0.810. The van der Waals surface area contributed by atoms with Gasteiger partial charge >= 0.3 is 6.03 Å². The maximum Gasteiger partial charge on any atom is 0.320 e. The van der Waals surface area contributed by atoms with Gasteiger partial charge < -0.3 is 20.0 Å². The van der Waals surface area contributed by atoms with Crippen molar-refractivity contribution in [3.8, 4) is 0 Å². The van der Waals surface area contributed by atoms with E-state index in [-0.39, 0.29) is 6.03 Å². The highest BCUT2D eigenvalue weighted by Gasteiger charge is 2.36. The van der Waals surface area contributed by atoms with Crippen molar-refractivity contribution in [2.24, 2.45) is 5.92 Å². The molecule has 2 fully saturated rings. The van der Waals surface area contributed by atoms with Crippen LogP contribution in [0.1, 0.15) is 20.3 Å². The Morgan fingerprint density at radius 2 is 2.11 bits per heavy atom. The molecule has 0 aromatic rings. The Morgan fingerprint density at radius 1 is 1.37 bits per heavy atom. The van der Waals surface area contributed by atoms with Crippen LogP contribution in [0.4, 0.5) is 4.79 Å². The highest BCUT2D eigenvalue weighted by Crippen LogP contribution is 2.21. The molecule has 0 aromatic heterocycles. The summed E-state index contributed by atoms with van der Waals surface area (Å²) in [4.78, 5) is 18.5. The van der Waals surface area contributed by atoms with Crippen molar-refractivity contribution >= 4 is 6.03 Å². The molecule has 5 heteroatoms. The van der Waals surface area contributed by atoms with Gasteiger partial charge in [0, 0.05) is 45.8 Å². The van der Waals surface area contributed by atoms with E-state index >= 15 is 0 Å². The summed E-state index contributed by atoms with van der Waals surface area (Å²) in [6, 6.07) is 1.13. The average molecular weight is 268 g/mol. The number of amides is 2. The van der Waals surface area contributed by atoms with E-state index in [9.17, 15) is 4.79 Å². The van der Waals surface area contributed by atoms with Gasteiger partial charge in [0.25, 0.3) is 0 Å². The van der Waals surface area contributed by atoms with Crippen molar-refractivity contribution in [2.45, 2.75) is 32.4 Å². The first kappa shape index (κ1) is 14.6. The minimum atomic E-state index is 0.199. The summed E-state index contributed by atoms with van der Waals surface area (Å²) in [5.74, 6) is 0.526. The molecule has 2 atom stereocenters. The van der Waals surface area contributed by atoms with Crippen LogP contribution in [0.15, 0.2) is 0 Å². The number of urea groups is 1. The van der Waals surface area contributed by atoms with Gasteiger partial charge in [0.1, 0.15) is 0 Å². The number of nitrogens with zero attached hydrogens (tertiary/aromatic N) is 3. The second-order valence-electron chi connectivity index (χ2n) is 6.28. The lowest BCUT2D eigenvalue weighted by Crippen LogP contribution is -2.50. The molecular formula is C14H28N4O. The maximum atomic E-state index is 12.2. The molecule has 5 nitrogen and oxygen atoms in total. The minimum Gasteiger partial charge on any atom is -0.323 e. The smallest absolute Gasteiger partial charge is 0.320 e. The topological polar surface area (TPSA) is 38.8 Å². The van der Waals surface area contributed by atoms with Crippen LogP contribution in [0.25, 0.3) is 0 Å². The minimum absolute atomic E-state index is 0.199. The Morgan fingerprint density at radius 3 is 2.68 bits per heavy atom. The molecule has 0 aromatic carbocycles. The zero-order chi connectivity index (χ0) is 14.0. The van der Waals surface area contributed by atoms with Gasteiger partial charge in [-0.05, 0) is 19.4 Å². The number of piperazine rings is 1. The highest BCUT2D eigenvalue weighted by molar-refractivity contribution is 5.76. The van der Waals surface area contributed by atoms with E-state index in [1.165, 1.54) is 0 Å². The van der Waals surface area contributed by atoms with Gasteiger partial charge in [-0.25, -0.2) is 4.79 Å². The van der Waals surface area contributed by atoms with Crippen LogP contribution >= 0.6 is 0 Å². The van der Waals surface area contributed by atoms with E-state index in [1.54, 1.807) is 0 Å². The summed E-state index contributed by atoms with van der Waals surface area (Å²) >= 11 is 0. The normalized spacial score (nSPS) is 29.6. The molecule has 0 radical (unpaired) electrons. The molecule has 2 saturated heterocycles. The first-order valence-corrected chi connectivity index (χ1v) is 7.43. The largest absolute Gasteiger partial charge is 0.323 e. The molecule has 0 aliphatic carbocycles. The number of carbonyl (C=O) groups is 1. The monoisotopic (exact) mass is 268 g/mol. The number of hydrogen-bond acceptors (Lipinski definition) is 3. The van der Waals surface area contributed by atoms with Gasteiger partial charge in [0.2, 0.25) is 0 Å². The summed E-state index contributed by atoms with van der Waals surface area (Å²) < 4.78 is 0. The third-order valence-corrected chi connectivity index (χ3v) is 4.62. The molecule has 2 amide bonds. The fourth-order valence-corrected chi connectivity index (χ4v) is 3.13. The van der Waals surface area contributed by atoms with Gasteiger partial charge in [-0.3, -0.25) is 0 Å². The van der Waals surface area contributed by atoms with Crippen molar-refractivity contribution in [1.82, 2.24) is 20.0 Å². The Bertz CT molecular complexity index is 321. The van der Waals surface area contributed by atoms with Crippen LogP contribution < -0.4 is 5.32 Å². The standard InChI is InChI=1S/C14H28N4O/c1-11(2)13-10-18(14(19)17(13)4)7-5-12-9-15-6-8-16(12)3/h11-13,15H,5-10H2,1-4H3. The van der Waals surface area contributed by atoms with Crippen molar-refractivity contribution in [3.63, 3.8) is 0 Å². The number of nitrogens with one attached hydrogen (secondary N) is 1. The second-order valence-corrected chi connectivity index (χ2v) is 6.28. The predicted octanol–water partition coefficient (Wildman–Crippen LogP) is 0.672. The van der Waals surface area contributed by atoms with Gasteiger partial charge in [-0.1, -0.05) is 13.8 Å². The van der Waals surface area contributed by atoms with E-state index in [0.717, 1.165) is 39.1 Å².